The monoisotopic (exact) mass is 484 g/mol. The molecule has 1 saturated heterocycles. The minimum atomic E-state index is -0.431. The highest BCUT2D eigenvalue weighted by Crippen LogP contribution is 2.60. The lowest BCUT2D eigenvalue weighted by Crippen LogP contribution is -2.41. The molecule has 0 unspecified atom stereocenters. The highest BCUT2D eigenvalue weighted by molar-refractivity contribution is 6.08. The first-order valence-corrected chi connectivity index (χ1v) is 12.6. The molecule has 0 saturated carbocycles. The maximum absolute atomic E-state index is 13.7. The molecule has 180 valence electrons. The van der Waals surface area contributed by atoms with Gasteiger partial charge in [0.25, 0.3) is 11.8 Å². The first-order valence-electron chi connectivity index (χ1n) is 12.6. The van der Waals surface area contributed by atoms with Gasteiger partial charge >= 0.3 is 0 Å². The zero-order chi connectivity index (χ0) is 24.9. The number of amides is 2. The quantitative estimate of drug-likeness (QED) is 0.278. The molecule has 5 heteroatoms. The fourth-order valence-electron chi connectivity index (χ4n) is 6.33. The summed E-state index contributed by atoms with van der Waals surface area (Å²) < 4.78 is 5.92. The van der Waals surface area contributed by atoms with Crippen LogP contribution in [0.5, 0.6) is 5.75 Å². The van der Waals surface area contributed by atoms with E-state index in [2.05, 4.69) is 29.4 Å². The molecule has 0 N–H and O–H groups in total. The number of ether oxygens (including phenoxy) is 1. The lowest BCUT2D eigenvalue weighted by Gasteiger charge is -2.45. The van der Waals surface area contributed by atoms with Gasteiger partial charge in [-0.3, -0.25) is 9.59 Å². The molecular formula is C32H24N2O3. The summed E-state index contributed by atoms with van der Waals surface area (Å²) in [5.74, 6) is -0.865. The number of carbonyl (C=O) groups excluding carboxylic acids is 2. The topological polar surface area (TPSA) is 59.0 Å². The Labute approximate surface area is 215 Å². The fourth-order valence-corrected chi connectivity index (χ4v) is 6.33. The van der Waals surface area contributed by atoms with Gasteiger partial charge in [0, 0.05) is 11.8 Å². The third-order valence-corrected chi connectivity index (χ3v) is 7.85. The van der Waals surface area contributed by atoms with Gasteiger partial charge in [-0.15, -0.1) is 0 Å². The van der Waals surface area contributed by atoms with Crippen molar-refractivity contribution < 1.29 is 14.3 Å². The maximum atomic E-state index is 13.7. The van der Waals surface area contributed by atoms with Crippen molar-refractivity contribution in [3.05, 3.63) is 137 Å². The van der Waals surface area contributed by atoms with Crippen molar-refractivity contribution in [1.82, 2.24) is 5.01 Å². The van der Waals surface area contributed by atoms with Crippen LogP contribution in [0.2, 0.25) is 0 Å². The molecule has 0 aromatic heterocycles. The lowest BCUT2D eigenvalue weighted by molar-refractivity contribution is -0.139. The van der Waals surface area contributed by atoms with Gasteiger partial charge < -0.3 is 4.74 Å². The minimum absolute atomic E-state index is 0.131. The van der Waals surface area contributed by atoms with Crippen LogP contribution in [0.25, 0.3) is 0 Å². The summed E-state index contributed by atoms with van der Waals surface area (Å²) in [6.45, 7) is 0.456. The Kier molecular flexibility index (Phi) is 5.03. The number of nitrogens with zero attached hydrogens (tertiary/aromatic N) is 2. The molecule has 2 amide bonds. The minimum Gasteiger partial charge on any atom is -0.489 e. The van der Waals surface area contributed by atoms with Crippen LogP contribution in [0.1, 0.15) is 45.2 Å². The molecule has 0 spiro atoms. The number of hydrazone groups is 1. The SMILES string of the molecule is O=C1[C@@H]2C3c4ccccc4C(c4ccccc43)[C@H]2C(=O)N1/N=C\c1cccc(OCc2ccccc2)c1. The molecule has 5 nitrogen and oxygen atoms in total. The van der Waals surface area contributed by atoms with E-state index in [9.17, 15) is 9.59 Å². The molecule has 1 fully saturated rings. The number of hydrogen-bond acceptors (Lipinski definition) is 4. The van der Waals surface area contributed by atoms with Crippen LogP contribution >= 0.6 is 0 Å². The Morgan fingerprint density at radius 2 is 1.22 bits per heavy atom. The first kappa shape index (κ1) is 21.7. The number of imide groups is 1. The van der Waals surface area contributed by atoms with Crippen LogP contribution in [0, 0.1) is 11.8 Å². The van der Waals surface area contributed by atoms with Crippen LogP contribution in [0.3, 0.4) is 0 Å². The Hall–Kier alpha value is -4.51. The molecule has 1 heterocycles. The van der Waals surface area contributed by atoms with E-state index in [4.69, 9.17) is 4.74 Å². The van der Waals surface area contributed by atoms with E-state index in [1.165, 1.54) is 0 Å². The molecule has 2 bridgehead atoms. The highest BCUT2D eigenvalue weighted by atomic mass is 16.5. The number of hydrogen-bond donors (Lipinski definition) is 0. The molecule has 3 aliphatic carbocycles. The molecule has 2 atom stereocenters. The van der Waals surface area contributed by atoms with Gasteiger partial charge in [0.2, 0.25) is 0 Å². The summed E-state index contributed by atoms with van der Waals surface area (Å²) in [5.41, 5.74) is 6.46. The molecule has 1 aliphatic heterocycles. The van der Waals surface area contributed by atoms with Crippen molar-refractivity contribution in [3.63, 3.8) is 0 Å². The van der Waals surface area contributed by atoms with E-state index in [0.29, 0.717) is 12.4 Å². The van der Waals surface area contributed by atoms with Crippen LogP contribution in [0.4, 0.5) is 0 Å². The zero-order valence-electron chi connectivity index (χ0n) is 20.0. The molecular weight excluding hydrogens is 460 g/mol. The van der Waals surface area contributed by atoms with Gasteiger partial charge in [-0.05, 0) is 45.5 Å². The second kappa shape index (κ2) is 8.56. The Balaban J connectivity index is 1.17. The summed E-state index contributed by atoms with van der Waals surface area (Å²) in [4.78, 5) is 27.3. The van der Waals surface area contributed by atoms with Crippen molar-refractivity contribution >= 4 is 18.0 Å². The lowest BCUT2D eigenvalue weighted by atomic mass is 9.55. The normalized spacial score (nSPS) is 23.2. The van der Waals surface area contributed by atoms with Crippen molar-refractivity contribution in [1.29, 1.82) is 0 Å². The van der Waals surface area contributed by atoms with E-state index < -0.39 is 11.8 Å². The van der Waals surface area contributed by atoms with Gasteiger partial charge in [0.1, 0.15) is 12.4 Å². The second-order valence-corrected chi connectivity index (χ2v) is 9.84. The molecule has 4 aromatic rings. The third kappa shape index (κ3) is 3.42. The van der Waals surface area contributed by atoms with Crippen molar-refractivity contribution in [2.75, 3.05) is 0 Å². The van der Waals surface area contributed by atoms with Crippen LogP contribution < -0.4 is 4.74 Å². The molecule has 4 aromatic carbocycles. The molecule has 8 rings (SSSR count). The van der Waals surface area contributed by atoms with Crippen molar-refractivity contribution in [2.24, 2.45) is 16.9 Å². The zero-order valence-corrected chi connectivity index (χ0v) is 20.0. The summed E-state index contributed by atoms with van der Waals surface area (Å²) in [5, 5.41) is 5.52. The fraction of sp³-hybridized carbons (Fsp3) is 0.156. The number of benzene rings is 4. The van der Waals surface area contributed by atoms with E-state index in [-0.39, 0.29) is 23.7 Å². The summed E-state index contributed by atoms with van der Waals surface area (Å²) >= 11 is 0. The van der Waals surface area contributed by atoms with E-state index in [1.54, 1.807) is 6.21 Å². The predicted octanol–water partition coefficient (Wildman–Crippen LogP) is 5.49. The van der Waals surface area contributed by atoms with Gasteiger partial charge in [-0.25, -0.2) is 0 Å². The Morgan fingerprint density at radius 3 is 1.78 bits per heavy atom. The summed E-state index contributed by atoms with van der Waals surface area (Å²) in [6, 6.07) is 33.9. The average Bonchev–Trinajstić information content (AvgIpc) is 3.21. The first-order chi connectivity index (χ1) is 18.2. The number of carbonyl (C=O) groups is 2. The van der Waals surface area contributed by atoms with E-state index in [1.807, 2.05) is 78.9 Å². The predicted molar refractivity (Wildman–Crippen MR) is 140 cm³/mol. The van der Waals surface area contributed by atoms with Crippen molar-refractivity contribution in [2.45, 2.75) is 18.4 Å². The Bertz CT molecular complexity index is 1450. The van der Waals surface area contributed by atoms with Crippen LogP contribution in [-0.4, -0.2) is 23.0 Å². The van der Waals surface area contributed by atoms with E-state index in [0.717, 1.165) is 38.4 Å². The highest BCUT2D eigenvalue weighted by Gasteiger charge is 2.61. The smallest absolute Gasteiger partial charge is 0.254 e. The van der Waals surface area contributed by atoms with Gasteiger partial charge in [-0.1, -0.05) is 91.0 Å². The van der Waals surface area contributed by atoms with Gasteiger partial charge in [-0.2, -0.15) is 10.1 Å². The van der Waals surface area contributed by atoms with Gasteiger partial charge in [0.15, 0.2) is 0 Å². The Morgan fingerprint density at radius 1 is 0.676 bits per heavy atom. The maximum Gasteiger partial charge on any atom is 0.254 e. The third-order valence-electron chi connectivity index (χ3n) is 7.85. The van der Waals surface area contributed by atoms with Crippen molar-refractivity contribution in [3.8, 4) is 5.75 Å². The molecule has 0 radical (unpaired) electrons. The van der Waals surface area contributed by atoms with Crippen LogP contribution in [-0.2, 0) is 16.2 Å². The van der Waals surface area contributed by atoms with Crippen LogP contribution in [0.15, 0.2) is 108 Å². The summed E-state index contributed by atoms with van der Waals surface area (Å²) in [6.07, 6.45) is 1.57. The average molecular weight is 485 g/mol. The standard InChI is InChI=1S/C32H24N2O3/c35-31-29-27-23-13-4-5-14-24(23)28(26-16-7-6-15-25(26)27)30(29)32(36)34(31)33-18-21-11-8-12-22(17-21)37-19-20-9-2-1-3-10-20/h1-18,27-30H,19H2/b33-18-/t27?,28?,29-,30-/m1/s1. The second-order valence-electron chi connectivity index (χ2n) is 9.84. The van der Waals surface area contributed by atoms with E-state index >= 15 is 0 Å². The largest absolute Gasteiger partial charge is 0.489 e. The van der Waals surface area contributed by atoms with Gasteiger partial charge in [0.05, 0.1) is 18.1 Å². The molecule has 4 aliphatic rings. The number of rotatable bonds is 5. The molecule has 37 heavy (non-hydrogen) atoms. The summed E-state index contributed by atoms with van der Waals surface area (Å²) in [7, 11) is 0.